The Morgan fingerprint density at radius 2 is 2.00 bits per heavy atom. The SMILES string of the molecule is CCc1cc(OCC2CN(C(=O)C3CC(N)(COCC=O)C3)C2)c(F)cc1C(F)(F)F. The summed E-state index contributed by atoms with van der Waals surface area (Å²) in [5.74, 6) is -1.48. The number of aldehydes is 1. The van der Waals surface area contributed by atoms with Crippen LogP contribution in [0.3, 0.4) is 0 Å². The van der Waals surface area contributed by atoms with Gasteiger partial charge in [-0.05, 0) is 37.0 Å². The zero-order valence-corrected chi connectivity index (χ0v) is 17.2. The molecule has 2 N–H and O–H groups in total. The van der Waals surface area contributed by atoms with Crippen LogP contribution in [0.2, 0.25) is 0 Å². The fourth-order valence-electron chi connectivity index (χ4n) is 4.11. The molecule has 1 aromatic rings. The Balaban J connectivity index is 1.45. The van der Waals surface area contributed by atoms with E-state index in [9.17, 15) is 27.2 Å². The zero-order chi connectivity index (χ0) is 22.8. The minimum atomic E-state index is -4.62. The summed E-state index contributed by atoms with van der Waals surface area (Å²) in [6.07, 6.45) is -2.91. The highest BCUT2D eigenvalue weighted by molar-refractivity contribution is 5.81. The molecule has 2 aliphatic rings. The minimum absolute atomic E-state index is 0.0123. The van der Waals surface area contributed by atoms with Gasteiger partial charge in [-0.3, -0.25) is 4.79 Å². The largest absolute Gasteiger partial charge is 0.490 e. The van der Waals surface area contributed by atoms with Gasteiger partial charge >= 0.3 is 6.18 Å². The molecule has 0 bridgehead atoms. The first-order valence-electron chi connectivity index (χ1n) is 10.2. The van der Waals surface area contributed by atoms with E-state index in [1.54, 1.807) is 11.8 Å². The van der Waals surface area contributed by atoms with Crippen LogP contribution in [-0.4, -0.2) is 55.5 Å². The molecule has 3 rings (SSSR count). The van der Waals surface area contributed by atoms with Crippen molar-refractivity contribution in [1.82, 2.24) is 4.90 Å². The van der Waals surface area contributed by atoms with Gasteiger partial charge in [0.25, 0.3) is 0 Å². The normalized spacial score (nSPS) is 23.8. The van der Waals surface area contributed by atoms with E-state index >= 15 is 0 Å². The summed E-state index contributed by atoms with van der Waals surface area (Å²) in [5.41, 5.74) is 4.50. The minimum Gasteiger partial charge on any atom is -0.490 e. The predicted molar refractivity (Wildman–Crippen MR) is 103 cm³/mol. The number of halogens is 4. The van der Waals surface area contributed by atoms with Crippen molar-refractivity contribution < 1.29 is 36.6 Å². The molecule has 10 heteroatoms. The Labute approximate surface area is 177 Å². The number of benzene rings is 1. The molecule has 1 aliphatic carbocycles. The Hall–Kier alpha value is -2.20. The monoisotopic (exact) mass is 446 g/mol. The summed E-state index contributed by atoms with van der Waals surface area (Å²) in [5, 5.41) is 0. The van der Waals surface area contributed by atoms with Crippen LogP contribution in [-0.2, 0) is 26.9 Å². The van der Waals surface area contributed by atoms with E-state index in [1.165, 1.54) is 0 Å². The number of alkyl halides is 3. The van der Waals surface area contributed by atoms with Crippen LogP contribution in [0, 0.1) is 17.7 Å². The molecule has 31 heavy (non-hydrogen) atoms. The Morgan fingerprint density at radius 3 is 2.58 bits per heavy atom. The van der Waals surface area contributed by atoms with Gasteiger partial charge in [0.1, 0.15) is 12.9 Å². The fourth-order valence-corrected chi connectivity index (χ4v) is 4.11. The van der Waals surface area contributed by atoms with Crippen LogP contribution in [0.5, 0.6) is 5.75 Å². The molecule has 172 valence electrons. The molecule has 1 aromatic carbocycles. The van der Waals surface area contributed by atoms with E-state index in [2.05, 4.69) is 0 Å². The summed E-state index contributed by atoms with van der Waals surface area (Å²) in [7, 11) is 0. The second-order valence-corrected chi connectivity index (χ2v) is 8.36. The lowest BCUT2D eigenvalue weighted by molar-refractivity contribution is -0.149. The highest BCUT2D eigenvalue weighted by Crippen LogP contribution is 2.39. The lowest BCUT2D eigenvalue weighted by Crippen LogP contribution is -2.62. The van der Waals surface area contributed by atoms with E-state index in [4.69, 9.17) is 15.2 Å². The van der Waals surface area contributed by atoms with Gasteiger partial charge in [0.05, 0.1) is 18.8 Å². The first-order valence-corrected chi connectivity index (χ1v) is 10.2. The standard InChI is InChI=1S/C21H26F4N2O4/c1-2-14-5-18(17(22)6-16(14)21(23,24)25)31-11-13-9-27(10-13)19(29)15-7-20(26,8-15)12-30-4-3-28/h3,5-6,13,15H,2,4,7-12,26H2,1H3. The van der Waals surface area contributed by atoms with Crippen LogP contribution in [0.25, 0.3) is 0 Å². The summed E-state index contributed by atoms with van der Waals surface area (Å²) < 4.78 is 63.6. The molecule has 1 amide bonds. The number of rotatable bonds is 9. The molecule has 1 saturated carbocycles. The van der Waals surface area contributed by atoms with Gasteiger partial charge in [-0.25, -0.2) is 4.39 Å². The molecule has 2 fully saturated rings. The molecule has 1 heterocycles. The summed E-state index contributed by atoms with van der Waals surface area (Å²) in [6.45, 7) is 2.76. The van der Waals surface area contributed by atoms with E-state index in [-0.39, 0.29) is 55.3 Å². The van der Waals surface area contributed by atoms with Crippen LogP contribution in [0.4, 0.5) is 17.6 Å². The first kappa shape index (κ1) is 23.5. The third-order valence-electron chi connectivity index (χ3n) is 5.82. The average Bonchev–Trinajstić information content (AvgIpc) is 2.64. The third kappa shape index (κ3) is 5.35. The molecule has 1 aliphatic heterocycles. The van der Waals surface area contributed by atoms with Gasteiger partial charge in [-0.1, -0.05) is 6.92 Å². The lowest BCUT2D eigenvalue weighted by atomic mass is 9.68. The third-order valence-corrected chi connectivity index (χ3v) is 5.82. The van der Waals surface area contributed by atoms with Crippen molar-refractivity contribution in [1.29, 1.82) is 0 Å². The van der Waals surface area contributed by atoms with Crippen LogP contribution in [0.1, 0.15) is 30.9 Å². The van der Waals surface area contributed by atoms with Crippen molar-refractivity contribution in [3.63, 3.8) is 0 Å². The van der Waals surface area contributed by atoms with Crippen molar-refractivity contribution in [3.05, 3.63) is 29.1 Å². The van der Waals surface area contributed by atoms with Gasteiger partial charge < -0.3 is 24.9 Å². The molecule has 0 unspecified atom stereocenters. The van der Waals surface area contributed by atoms with E-state index < -0.39 is 23.1 Å². The van der Waals surface area contributed by atoms with Crippen molar-refractivity contribution in [2.75, 3.05) is 32.9 Å². The first-order chi connectivity index (χ1) is 14.6. The van der Waals surface area contributed by atoms with Crippen molar-refractivity contribution in [2.24, 2.45) is 17.6 Å². The number of hydrogen-bond donors (Lipinski definition) is 1. The van der Waals surface area contributed by atoms with Crippen molar-refractivity contribution in [2.45, 2.75) is 37.9 Å². The molecule has 0 radical (unpaired) electrons. The maximum atomic E-state index is 14.1. The fraction of sp³-hybridized carbons (Fsp3) is 0.619. The molecular formula is C21H26F4N2O4. The number of carbonyl (C=O) groups is 2. The van der Waals surface area contributed by atoms with Crippen LogP contribution >= 0.6 is 0 Å². The van der Waals surface area contributed by atoms with Crippen molar-refractivity contribution >= 4 is 12.2 Å². The highest BCUT2D eigenvalue weighted by Gasteiger charge is 2.47. The molecular weight excluding hydrogens is 420 g/mol. The maximum absolute atomic E-state index is 14.1. The number of hydrogen-bond acceptors (Lipinski definition) is 5. The highest BCUT2D eigenvalue weighted by atomic mass is 19.4. The Bertz CT molecular complexity index is 818. The number of carbonyl (C=O) groups excluding carboxylic acids is 2. The average molecular weight is 446 g/mol. The number of nitrogens with zero attached hydrogens (tertiary/aromatic N) is 1. The number of amides is 1. The lowest BCUT2D eigenvalue weighted by Gasteiger charge is -2.48. The Morgan fingerprint density at radius 1 is 1.32 bits per heavy atom. The van der Waals surface area contributed by atoms with E-state index in [0.717, 1.165) is 6.07 Å². The van der Waals surface area contributed by atoms with Gasteiger partial charge in [-0.15, -0.1) is 0 Å². The van der Waals surface area contributed by atoms with E-state index in [0.29, 0.717) is 38.3 Å². The van der Waals surface area contributed by atoms with Crippen LogP contribution < -0.4 is 10.5 Å². The number of aryl methyl sites for hydroxylation is 1. The van der Waals surface area contributed by atoms with Gasteiger partial charge in [0, 0.05) is 30.5 Å². The topological polar surface area (TPSA) is 81.9 Å². The Kier molecular flexibility index (Phi) is 6.90. The molecule has 6 nitrogen and oxygen atoms in total. The van der Waals surface area contributed by atoms with Gasteiger partial charge in [0.2, 0.25) is 5.91 Å². The zero-order valence-electron chi connectivity index (χ0n) is 17.2. The number of likely N-dealkylation sites (tertiary alicyclic amines) is 1. The van der Waals surface area contributed by atoms with Gasteiger partial charge in [0.15, 0.2) is 11.6 Å². The summed E-state index contributed by atoms with van der Waals surface area (Å²) >= 11 is 0. The summed E-state index contributed by atoms with van der Waals surface area (Å²) in [4.78, 5) is 24.4. The summed E-state index contributed by atoms with van der Waals surface area (Å²) in [6, 6.07) is 1.57. The number of ether oxygens (including phenoxy) is 2. The van der Waals surface area contributed by atoms with Crippen molar-refractivity contribution in [3.8, 4) is 5.75 Å². The quantitative estimate of drug-likeness (QED) is 0.358. The molecule has 0 spiro atoms. The van der Waals surface area contributed by atoms with Crippen LogP contribution in [0.15, 0.2) is 12.1 Å². The maximum Gasteiger partial charge on any atom is 0.416 e. The van der Waals surface area contributed by atoms with Gasteiger partial charge in [-0.2, -0.15) is 13.2 Å². The van der Waals surface area contributed by atoms with E-state index in [1.807, 2.05) is 0 Å². The number of nitrogens with two attached hydrogens (primary N) is 1. The predicted octanol–water partition coefficient (Wildman–Crippen LogP) is 2.57. The molecule has 1 saturated heterocycles. The second kappa shape index (κ2) is 9.12. The molecule has 0 atom stereocenters. The smallest absolute Gasteiger partial charge is 0.416 e. The molecule has 0 aromatic heterocycles. The second-order valence-electron chi connectivity index (χ2n) is 8.36.